The van der Waals surface area contributed by atoms with Crippen LogP contribution in [0, 0.1) is 0 Å². The Morgan fingerprint density at radius 1 is 0.186 bits per heavy atom. The number of H-pyrrole nitrogens is 4. The third kappa shape index (κ3) is 6.38. The van der Waals surface area contributed by atoms with Crippen molar-refractivity contribution in [1.82, 2.24) is 37.5 Å². The fraction of sp³-hybridized carbons (Fsp3) is 0. The van der Waals surface area contributed by atoms with E-state index in [1.54, 1.807) is 0 Å². The largest absolute Gasteiger partial charge is 0.353 e. The van der Waals surface area contributed by atoms with Gasteiger partial charge in [0, 0.05) is 135 Å². The molecule has 447 valence electrons. The Labute approximate surface area is 580 Å². The Bertz CT molecular complexity index is 7210. The van der Waals surface area contributed by atoms with Crippen LogP contribution in [0.5, 0.6) is 0 Å². The van der Waals surface area contributed by atoms with Crippen molar-refractivity contribution >= 4 is 312 Å². The lowest BCUT2D eigenvalue weighted by Gasteiger charge is -2.16. The zero-order valence-electron chi connectivity index (χ0n) is 50.7. The molecule has 27 aromatic rings. The molecular formula is C84H40BBr4N8. The number of hydrogen-bond donors (Lipinski definition) is 4. The summed E-state index contributed by atoms with van der Waals surface area (Å²) < 4.78 is 14.5. The van der Waals surface area contributed by atoms with E-state index in [-0.39, 0.29) is 8.41 Å². The van der Waals surface area contributed by atoms with E-state index in [9.17, 15) is 0 Å². The van der Waals surface area contributed by atoms with Gasteiger partial charge in [0.2, 0.25) is 0 Å². The highest BCUT2D eigenvalue weighted by Gasteiger charge is 2.28. The van der Waals surface area contributed by atoms with Gasteiger partial charge < -0.3 is 37.5 Å². The van der Waals surface area contributed by atoms with Crippen LogP contribution in [0.2, 0.25) is 0 Å². The van der Waals surface area contributed by atoms with Crippen molar-refractivity contribution in [3.05, 3.63) is 236 Å². The lowest BCUT2D eigenvalue weighted by atomic mass is 10.0. The molecule has 8 nitrogen and oxygen atoms in total. The SMILES string of the molecule is Brc1cc(Br)c(Br)cc1Br.[B].c1cc2c3cc1c1ccc4c(c1)[nH]c1c4ccc4c5ccc(cc5[nH]c41)c1ccc4c(c1)[nH]c1c4ccc2c1[nH]3.c1cc2c3ccc4c5ccc6cc5n5c7cc8c9cc7n(c2cc1c1ccc2c7ccc%10c%11ccc6cc%11n8c%10c7n9c2c1)c3c45. The van der Waals surface area contributed by atoms with Crippen molar-refractivity contribution in [2.24, 2.45) is 0 Å². The van der Waals surface area contributed by atoms with E-state index >= 15 is 0 Å². The van der Waals surface area contributed by atoms with E-state index in [0.717, 1.165) is 62.0 Å². The van der Waals surface area contributed by atoms with Crippen molar-refractivity contribution in [3.8, 4) is 0 Å². The lowest BCUT2D eigenvalue weighted by Crippen LogP contribution is -2.01. The van der Waals surface area contributed by atoms with Gasteiger partial charge in [0.05, 0.1) is 88.3 Å². The minimum atomic E-state index is 0. The van der Waals surface area contributed by atoms with E-state index in [0.29, 0.717) is 0 Å². The molecule has 13 heterocycles. The van der Waals surface area contributed by atoms with Crippen molar-refractivity contribution < 1.29 is 0 Å². The maximum Gasteiger partial charge on any atom is 0.0789 e. The smallest absolute Gasteiger partial charge is 0.0789 e. The highest BCUT2D eigenvalue weighted by Crippen LogP contribution is 2.49. The molecule has 27 rings (SSSR count). The van der Waals surface area contributed by atoms with Gasteiger partial charge >= 0.3 is 0 Å². The summed E-state index contributed by atoms with van der Waals surface area (Å²) in [5.74, 6) is 0. The standard InChI is InChI=1S/C42H18N4.C36H20N4.C6H2Br4.B/c1-5-23-27-9-10-28-25-7-3-21-15-33(25)45-36-18-38-37-17-35(36)43(39(27)40(28)45)31(23)13-19(1)20-2-6-24-29-11-12-30-26-8-4-22(21)16-34(26)46(38)42(30)41(29)44(37)32(24)14-20;1-5-21-25-9-10-26-23-7-3-19-15-31(23)39-34(26)33(25)37-29(21)13-17(1)18-2-6-22-27-11-12-28-24-8-4-20(19)16-32(24)40-36(28)35(27)38-30(22)14-18;7-3-1-4(8)6(10)2-5(3)9;/h1-18H;1-16,37-40H;1-2H;. The van der Waals surface area contributed by atoms with E-state index < -0.39 is 0 Å². The van der Waals surface area contributed by atoms with Crippen LogP contribution < -0.4 is 0 Å². The van der Waals surface area contributed by atoms with Crippen molar-refractivity contribution in [2.45, 2.75) is 0 Å². The lowest BCUT2D eigenvalue weighted by molar-refractivity contribution is 1.23. The Hall–Kier alpha value is -10.5. The predicted molar refractivity (Wildman–Crippen MR) is 426 cm³/mol. The molecule has 13 heteroatoms. The number of nitrogens with zero attached hydrogens (tertiary/aromatic N) is 4. The number of aromatic nitrogens is 8. The minimum Gasteiger partial charge on any atom is -0.353 e. The zero-order valence-corrected chi connectivity index (χ0v) is 57.0. The quantitative estimate of drug-likeness (QED) is 0.0663. The van der Waals surface area contributed by atoms with Crippen LogP contribution in [0.3, 0.4) is 0 Å². The van der Waals surface area contributed by atoms with E-state index in [1.807, 2.05) is 12.1 Å². The summed E-state index contributed by atoms with van der Waals surface area (Å²) >= 11 is 13.5. The maximum absolute atomic E-state index is 3.77. The van der Waals surface area contributed by atoms with Crippen LogP contribution in [-0.4, -0.2) is 46.0 Å². The van der Waals surface area contributed by atoms with Gasteiger partial charge in [0.15, 0.2) is 0 Å². The fourth-order valence-electron chi connectivity index (χ4n) is 18.1. The number of fused-ring (bicyclic) bond motifs is 20. The molecule has 97 heavy (non-hydrogen) atoms. The summed E-state index contributed by atoms with van der Waals surface area (Å²) in [4.78, 5) is 15.1. The van der Waals surface area contributed by atoms with E-state index in [2.05, 4.69) is 308 Å². The highest BCUT2D eigenvalue weighted by atomic mass is 79.9. The average molecular weight is 1490 g/mol. The van der Waals surface area contributed by atoms with E-state index in [4.69, 9.17) is 0 Å². The predicted octanol–water partition coefficient (Wildman–Crippen LogP) is 25.2. The normalized spacial score (nSPS) is 13.1. The summed E-state index contributed by atoms with van der Waals surface area (Å²) in [5.41, 5.74) is 24.5. The number of aromatic amines is 4. The summed E-state index contributed by atoms with van der Waals surface area (Å²) in [6.45, 7) is 0. The third-order valence-corrected chi connectivity index (χ3v) is 26.0. The molecule has 4 N–H and O–H groups in total. The first-order valence-corrected chi connectivity index (χ1v) is 35.5. The molecule has 0 amide bonds. The summed E-state index contributed by atoms with van der Waals surface area (Å²) in [5, 5.41) is 30.3. The van der Waals surface area contributed by atoms with Gasteiger partial charge in [-0.05, 0) is 180 Å². The van der Waals surface area contributed by atoms with Crippen LogP contribution in [0.4, 0.5) is 0 Å². The molecule has 0 aliphatic heterocycles. The number of nitrogens with one attached hydrogen (secondary N) is 4. The monoisotopic (exact) mass is 1490 g/mol. The minimum absolute atomic E-state index is 0. The molecule has 13 aromatic heterocycles. The van der Waals surface area contributed by atoms with E-state index in [1.165, 1.54) is 195 Å². The van der Waals surface area contributed by atoms with Gasteiger partial charge in [0.1, 0.15) is 0 Å². The summed E-state index contributed by atoms with van der Waals surface area (Å²) in [6.07, 6.45) is 0. The molecular weight excluding hydrogens is 1450 g/mol. The maximum atomic E-state index is 3.77. The molecule has 0 spiro atoms. The molecule has 0 aliphatic carbocycles. The molecule has 14 aromatic carbocycles. The number of benzene rings is 14. The average Bonchev–Trinajstić information content (AvgIpc) is 1.51. The molecule has 0 atom stereocenters. The molecule has 0 fully saturated rings. The highest BCUT2D eigenvalue weighted by molar-refractivity contribution is 9.14. The van der Waals surface area contributed by atoms with Gasteiger partial charge in [-0.3, -0.25) is 0 Å². The molecule has 0 unspecified atom stereocenters. The Kier molecular flexibility index (Phi) is 9.63. The second-order valence-electron chi connectivity index (χ2n) is 26.9. The van der Waals surface area contributed by atoms with Crippen LogP contribution in [0.15, 0.2) is 236 Å². The molecule has 0 saturated carbocycles. The second kappa shape index (κ2) is 17.7. The van der Waals surface area contributed by atoms with Gasteiger partial charge in [-0.2, -0.15) is 0 Å². The van der Waals surface area contributed by atoms with Gasteiger partial charge in [0.25, 0.3) is 0 Å². The zero-order chi connectivity index (χ0) is 62.3. The van der Waals surface area contributed by atoms with Gasteiger partial charge in [-0.25, -0.2) is 0 Å². The topological polar surface area (TPSA) is 80.8 Å². The number of rotatable bonds is 0. The molecule has 0 aliphatic rings. The van der Waals surface area contributed by atoms with Crippen LogP contribution in [-0.2, 0) is 0 Å². The first kappa shape index (κ1) is 52.7. The second-order valence-corrected chi connectivity index (χ2v) is 30.3. The number of halogens is 4. The molecule has 0 saturated heterocycles. The van der Waals surface area contributed by atoms with Crippen LogP contribution in [0.25, 0.3) is 240 Å². The van der Waals surface area contributed by atoms with Crippen LogP contribution >= 0.6 is 63.7 Å². The summed E-state index contributed by atoms with van der Waals surface area (Å²) in [7, 11) is 0. The first-order valence-electron chi connectivity index (χ1n) is 32.3. The van der Waals surface area contributed by atoms with Crippen molar-refractivity contribution in [3.63, 3.8) is 0 Å². The summed E-state index contributed by atoms with van der Waals surface area (Å²) in [6, 6.07) is 83.1. The van der Waals surface area contributed by atoms with Crippen LogP contribution in [0.1, 0.15) is 0 Å². The van der Waals surface area contributed by atoms with Gasteiger partial charge in [-0.15, -0.1) is 0 Å². The Morgan fingerprint density at radius 3 is 0.619 bits per heavy atom. The first-order chi connectivity index (χ1) is 47.2. The Morgan fingerprint density at radius 2 is 0.381 bits per heavy atom. The third-order valence-electron chi connectivity index (χ3n) is 22.3. The van der Waals surface area contributed by atoms with Crippen molar-refractivity contribution in [1.29, 1.82) is 0 Å². The van der Waals surface area contributed by atoms with Gasteiger partial charge in [-0.1, -0.05) is 146 Å². The van der Waals surface area contributed by atoms with Crippen molar-refractivity contribution in [2.75, 3.05) is 0 Å². The number of hydrogen-bond acceptors (Lipinski definition) is 0. The fourth-order valence-corrected chi connectivity index (χ4v) is 20.1. The Balaban J connectivity index is 0.000000104. The molecule has 3 radical (unpaired) electrons. The molecule has 24 bridgehead atoms.